The maximum absolute atomic E-state index is 12.0. The van der Waals surface area contributed by atoms with Crippen molar-refractivity contribution in [2.75, 3.05) is 14.2 Å². The van der Waals surface area contributed by atoms with Gasteiger partial charge in [-0.3, -0.25) is 4.55 Å². The van der Waals surface area contributed by atoms with E-state index < -0.39 is 32.5 Å². The smallest absolute Gasteiger partial charge is 0.339 e. The number of hydrogen-bond donors (Lipinski definition) is 1. The number of ether oxygens (including phenoxy) is 2. The van der Waals surface area contributed by atoms with Crippen molar-refractivity contribution in [2.45, 2.75) is 4.90 Å². The van der Waals surface area contributed by atoms with Gasteiger partial charge >= 0.3 is 11.9 Å². The van der Waals surface area contributed by atoms with Crippen molar-refractivity contribution >= 4 is 22.1 Å². The molecule has 2 aromatic rings. The number of esters is 2. The van der Waals surface area contributed by atoms with Gasteiger partial charge in [0.25, 0.3) is 10.1 Å². The van der Waals surface area contributed by atoms with Crippen LogP contribution in [-0.4, -0.2) is 39.1 Å². The third-order valence-corrected chi connectivity index (χ3v) is 4.21. The molecule has 8 heteroatoms. The summed E-state index contributed by atoms with van der Waals surface area (Å²) in [7, 11) is -2.56. The minimum Gasteiger partial charge on any atom is -0.465 e. The third-order valence-electron chi connectivity index (χ3n) is 3.26. The summed E-state index contributed by atoms with van der Waals surface area (Å²) < 4.78 is 42.5. The van der Waals surface area contributed by atoms with Crippen LogP contribution in [0.4, 0.5) is 0 Å². The average Bonchev–Trinajstić information content (AvgIpc) is 2.59. The van der Waals surface area contributed by atoms with Crippen LogP contribution in [0.2, 0.25) is 0 Å². The molecule has 0 aliphatic rings. The molecular weight excluding hydrogens is 336 g/mol. The molecule has 0 atom stereocenters. The third kappa shape index (κ3) is 3.44. The SMILES string of the molecule is COC(=O)c1cc(C(=O)OC)c(S(=O)(=O)O)c(-c2ccccc2)c1. The van der Waals surface area contributed by atoms with Gasteiger partial charge in [0.1, 0.15) is 4.90 Å². The van der Waals surface area contributed by atoms with E-state index in [4.69, 9.17) is 0 Å². The average molecular weight is 350 g/mol. The van der Waals surface area contributed by atoms with Gasteiger partial charge in [-0.05, 0) is 17.7 Å². The van der Waals surface area contributed by atoms with Crippen LogP contribution in [0.3, 0.4) is 0 Å². The van der Waals surface area contributed by atoms with Crippen LogP contribution in [0.1, 0.15) is 20.7 Å². The van der Waals surface area contributed by atoms with E-state index in [0.717, 1.165) is 20.3 Å². The van der Waals surface area contributed by atoms with Crippen LogP contribution >= 0.6 is 0 Å². The second-order valence-electron chi connectivity index (χ2n) is 4.72. The Kier molecular flexibility index (Phi) is 5.01. The van der Waals surface area contributed by atoms with E-state index in [1.54, 1.807) is 30.3 Å². The van der Waals surface area contributed by atoms with Crippen molar-refractivity contribution in [1.29, 1.82) is 0 Å². The highest BCUT2D eigenvalue weighted by Gasteiger charge is 2.28. The van der Waals surface area contributed by atoms with Crippen LogP contribution in [0.15, 0.2) is 47.4 Å². The lowest BCUT2D eigenvalue weighted by Gasteiger charge is -2.13. The number of benzene rings is 2. The minimum absolute atomic E-state index is 0.0126. The lowest BCUT2D eigenvalue weighted by atomic mass is 9.99. The first kappa shape index (κ1) is 17.6. The highest BCUT2D eigenvalue weighted by Crippen LogP contribution is 2.32. The summed E-state index contributed by atoms with van der Waals surface area (Å²) in [4.78, 5) is 23.2. The van der Waals surface area contributed by atoms with E-state index in [1.165, 1.54) is 6.07 Å². The quantitative estimate of drug-likeness (QED) is 0.665. The fourth-order valence-corrected chi connectivity index (χ4v) is 3.11. The Balaban J connectivity index is 2.93. The van der Waals surface area contributed by atoms with Crippen molar-refractivity contribution < 1.29 is 32.0 Å². The van der Waals surface area contributed by atoms with Gasteiger partial charge in [0.2, 0.25) is 0 Å². The first-order valence-electron chi connectivity index (χ1n) is 6.67. The van der Waals surface area contributed by atoms with E-state index in [0.29, 0.717) is 5.56 Å². The molecule has 0 radical (unpaired) electrons. The fraction of sp³-hybridized carbons (Fsp3) is 0.125. The number of carbonyl (C=O) groups excluding carboxylic acids is 2. The molecule has 2 rings (SSSR count). The standard InChI is InChI=1S/C16H14O7S/c1-22-15(17)11-8-12(10-6-4-3-5-7-10)14(24(19,20)21)13(9-11)16(18)23-2/h3-9H,1-2H3,(H,19,20,21). The van der Waals surface area contributed by atoms with Crippen LogP contribution in [0, 0.1) is 0 Å². The first-order valence-corrected chi connectivity index (χ1v) is 8.11. The highest BCUT2D eigenvalue weighted by molar-refractivity contribution is 7.86. The van der Waals surface area contributed by atoms with Gasteiger partial charge < -0.3 is 9.47 Å². The van der Waals surface area contributed by atoms with Gasteiger partial charge in [0, 0.05) is 5.56 Å². The molecule has 0 saturated heterocycles. The molecule has 0 aliphatic carbocycles. The molecule has 7 nitrogen and oxygen atoms in total. The second kappa shape index (κ2) is 6.81. The molecule has 2 aromatic carbocycles. The molecule has 0 unspecified atom stereocenters. The van der Waals surface area contributed by atoms with E-state index in [9.17, 15) is 22.6 Å². The Labute approximate surface area is 138 Å². The summed E-state index contributed by atoms with van der Waals surface area (Å²) in [5.41, 5.74) is -0.131. The van der Waals surface area contributed by atoms with Gasteiger partial charge in [-0.25, -0.2) is 9.59 Å². The molecule has 0 saturated carbocycles. The molecule has 0 heterocycles. The maximum atomic E-state index is 12.0. The van der Waals surface area contributed by atoms with Crippen LogP contribution < -0.4 is 0 Å². The zero-order valence-corrected chi connectivity index (χ0v) is 13.7. The molecule has 24 heavy (non-hydrogen) atoms. The number of carbonyl (C=O) groups is 2. The Morgan fingerprint density at radius 3 is 2.04 bits per heavy atom. The topological polar surface area (TPSA) is 107 Å². The molecule has 0 aromatic heterocycles. The minimum atomic E-state index is -4.77. The monoisotopic (exact) mass is 350 g/mol. The normalized spacial score (nSPS) is 11.0. The van der Waals surface area contributed by atoms with Gasteiger partial charge in [0.05, 0.1) is 25.3 Å². The number of methoxy groups -OCH3 is 2. The molecule has 0 fully saturated rings. The molecule has 0 aliphatic heterocycles. The summed E-state index contributed by atoms with van der Waals surface area (Å²) in [6.45, 7) is 0. The van der Waals surface area contributed by atoms with E-state index in [2.05, 4.69) is 9.47 Å². The maximum Gasteiger partial charge on any atom is 0.339 e. The van der Waals surface area contributed by atoms with Gasteiger partial charge in [-0.2, -0.15) is 8.42 Å². The molecule has 1 N–H and O–H groups in total. The van der Waals surface area contributed by atoms with Crippen molar-refractivity contribution in [3.8, 4) is 11.1 Å². The second-order valence-corrected chi connectivity index (χ2v) is 6.08. The molecule has 126 valence electrons. The predicted octanol–water partition coefficient (Wildman–Crippen LogP) is 2.17. The van der Waals surface area contributed by atoms with Gasteiger partial charge in [-0.15, -0.1) is 0 Å². The Morgan fingerprint density at radius 1 is 0.958 bits per heavy atom. The largest absolute Gasteiger partial charge is 0.465 e. The first-order chi connectivity index (χ1) is 11.3. The summed E-state index contributed by atoms with van der Waals surface area (Å²) in [6, 6.07) is 10.4. The lowest BCUT2D eigenvalue weighted by molar-refractivity contribution is 0.0595. The van der Waals surface area contributed by atoms with Crippen LogP contribution in [0.5, 0.6) is 0 Å². The van der Waals surface area contributed by atoms with Gasteiger partial charge in [0.15, 0.2) is 0 Å². The summed E-state index contributed by atoms with van der Waals surface area (Å²) in [5.74, 6) is -1.77. The summed E-state index contributed by atoms with van der Waals surface area (Å²) in [6.07, 6.45) is 0. The van der Waals surface area contributed by atoms with Crippen molar-refractivity contribution in [3.63, 3.8) is 0 Å². The molecular formula is C16H14O7S. The van der Waals surface area contributed by atoms with Crippen LogP contribution in [-0.2, 0) is 19.6 Å². The Hall–Kier alpha value is -2.71. The van der Waals surface area contributed by atoms with E-state index in [-0.39, 0.29) is 11.1 Å². The highest BCUT2D eigenvalue weighted by atomic mass is 32.2. The molecule has 0 bridgehead atoms. The molecule has 0 spiro atoms. The summed E-state index contributed by atoms with van der Waals surface area (Å²) in [5, 5.41) is 0. The molecule has 0 amide bonds. The van der Waals surface area contributed by atoms with E-state index >= 15 is 0 Å². The Bertz CT molecular complexity index is 886. The van der Waals surface area contributed by atoms with E-state index in [1.807, 2.05) is 0 Å². The van der Waals surface area contributed by atoms with Crippen molar-refractivity contribution in [2.24, 2.45) is 0 Å². The predicted molar refractivity (Wildman–Crippen MR) is 84.4 cm³/mol. The fourth-order valence-electron chi connectivity index (χ4n) is 2.24. The Morgan fingerprint density at radius 2 is 1.54 bits per heavy atom. The lowest BCUT2D eigenvalue weighted by Crippen LogP contribution is -2.14. The van der Waals surface area contributed by atoms with Crippen molar-refractivity contribution in [1.82, 2.24) is 0 Å². The number of rotatable bonds is 4. The van der Waals surface area contributed by atoms with Crippen LogP contribution in [0.25, 0.3) is 11.1 Å². The number of hydrogen-bond acceptors (Lipinski definition) is 6. The van der Waals surface area contributed by atoms with Crippen molar-refractivity contribution in [3.05, 3.63) is 53.6 Å². The summed E-state index contributed by atoms with van der Waals surface area (Å²) >= 11 is 0. The zero-order chi connectivity index (χ0) is 17.9. The van der Waals surface area contributed by atoms with Gasteiger partial charge in [-0.1, -0.05) is 30.3 Å². The zero-order valence-electron chi connectivity index (χ0n) is 12.8.